The number of hydrogen-bond acceptors (Lipinski definition) is 1. The van der Waals surface area contributed by atoms with Gasteiger partial charge in [0.05, 0.1) is 11.2 Å². The smallest absolute Gasteiger partial charge is 0.0794 e. The van der Waals surface area contributed by atoms with Crippen LogP contribution in [0.2, 0.25) is 0 Å². The van der Waals surface area contributed by atoms with Crippen LogP contribution >= 0.6 is 0 Å². The Morgan fingerprint density at radius 3 is 1.53 bits per heavy atom. The van der Waals surface area contributed by atoms with Crippen molar-refractivity contribution in [1.29, 1.82) is 0 Å². The molecule has 0 N–H and O–H groups in total. The zero-order valence-electron chi connectivity index (χ0n) is 20.7. The predicted molar refractivity (Wildman–Crippen MR) is 163 cm³/mol. The van der Waals surface area contributed by atoms with Crippen molar-refractivity contribution >= 4 is 54.0 Å². The molecular weight excluding hydrogens is 458 g/mol. The number of rotatable bonds is 2. The van der Waals surface area contributed by atoms with Crippen molar-refractivity contribution in [2.75, 3.05) is 0 Å². The molecule has 0 aliphatic rings. The zero-order chi connectivity index (χ0) is 25.1. The van der Waals surface area contributed by atoms with Gasteiger partial charge in [-0.05, 0) is 60.8 Å². The van der Waals surface area contributed by atoms with Gasteiger partial charge >= 0.3 is 0 Å². The Bertz CT molecular complexity index is 2030. The van der Waals surface area contributed by atoms with Gasteiger partial charge < -0.3 is 0 Å². The minimum Gasteiger partial charge on any atom is -0.247 e. The Balaban J connectivity index is 1.49. The fourth-order valence-corrected chi connectivity index (χ4v) is 6.05. The lowest BCUT2D eigenvalue weighted by Crippen LogP contribution is -1.94. The summed E-state index contributed by atoms with van der Waals surface area (Å²) in [5.74, 6) is 0. The number of benzene rings is 7. The third-order valence-corrected chi connectivity index (χ3v) is 7.84. The van der Waals surface area contributed by atoms with E-state index in [1.807, 2.05) is 0 Å². The van der Waals surface area contributed by atoms with Crippen LogP contribution < -0.4 is 0 Å². The average Bonchev–Trinajstić information content (AvgIpc) is 2.99. The number of para-hydroxylation sites is 1. The van der Waals surface area contributed by atoms with E-state index in [1.54, 1.807) is 0 Å². The maximum absolute atomic E-state index is 5.32. The molecule has 8 rings (SSSR count). The summed E-state index contributed by atoms with van der Waals surface area (Å²) in [6, 6.07) is 50.3. The highest BCUT2D eigenvalue weighted by molar-refractivity contribution is 6.16. The minimum absolute atomic E-state index is 1.01. The van der Waals surface area contributed by atoms with Crippen LogP contribution in [0.3, 0.4) is 0 Å². The Hall–Kier alpha value is -5.01. The second kappa shape index (κ2) is 8.26. The highest BCUT2D eigenvalue weighted by atomic mass is 14.7. The van der Waals surface area contributed by atoms with Crippen molar-refractivity contribution in [3.05, 3.63) is 140 Å². The number of pyridine rings is 1. The summed E-state index contributed by atoms with van der Waals surface area (Å²) >= 11 is 0. The Kier molecular flexibility index (Phi) is 4.59. The molecule has 0 aliphatic heterocycles. The van der Waals surface area contributed by atoms with Crippen LogP contribution in [0, 0.1) is 0 Å². The van der Waals surface area contributed by atoms with Crippen LogP contribution in [0.15, 0.2) is 140 Å². The first-order valence-corrected chi connectivity index (χ1v) is 13.1. The molecule has 176 valence electrons. The highest BCUT2D eigenvalue weighted by Crippen LogP contribution is 2.41. The molecule has 0 amide bonds. The van der Waals surface area contributed by atoms with E-state index in [0.717, 1.165) is 27.7 Å². The van der Waals surface area contributed by atoms with E-state index >= 15 is 0 Å². The number of hydrogen-bond donors (Lipinski definition) is 0. The minimum atomic E-state index is 1.01. The molecule has 1 aromatic heterocycles. The van der Waals surface area contributed by atoms with Crippen LogP contribution in [0.4, 0.5) is 0 Å². The first-order valence-electron chi connectivity index (χ1n) is 13.1. The summed E-state index contributed by atoms with van der Waals surface area (Å²) in [6.45, 7) is 0. The van der Waals surface area contributed by atoms with Gasteiger partial charge in [0, 0.05) is 16.5 Å². The molecule has 0 saturated heterocycles. The van der Waals surface area contributed by atoms with Crippen molar-refractivity contribution in [3.8, 4) is 22.4 Å². The third kappa shape index (κ3) is 3.16. The van der Waals surface area contributed by atoms with Crippen LogP contribution in [0.5, 0.6) is 0 Å². The van der Waals surface area contributed by atoms with E-state index in [4.69, 9.17) is 4.98 Å². The van der Waals surface area contributed by atoms with Crippen molar-refractivity contribution in [2.45, 2.75) is 0 Å². The van der Waals surface area contributed by atoms with Crippen molar-refractivity contribution in [3.63, 3.8) is 0 Å². The van der Waals surface area contributed by atoms with E-state index in [-0.39, 0.29) is 0 Å². The monoisotopic (exact) mass is 481 g/mol. The molecular formula is C37H23N. The molecule has 7 aromatic carbocycles. The summed E-state index contributed by atoms with van der Waals surface area (Å²) in [5, 5.41) is 11.2. The summed E-state index contributed by atoms with van der Waals surface area (Å²) in [7, 11) is 0. The molecule has 0 unspecified atom stereocenters. The van der Waals surface area contributed by atoms with Crippen molar-refractivity contribution in [2.24, 2.45) is 0 Å². The largest absolute Gasteiger partial charge is 0.247 e. The molecule has 0 saturated carbocycles. The molecule has 0 aliphatic carbocycles. The lowest BCUT2D eigenvalue weighted by Gasteiger charge is -2.16. The molecule has 1 nitrogen and oxygen atoms in total. The van der Waals surface area contributed by atoms with Gasteiger partial charge in [-0.2, -0.15) is 0 Å². The predicted octanol–water partition coefficient (Wildman–Crippen LogP) is 10.2. The molecule has 0 atom stereocenters. The lowest BCUT2D eigenvalue weighted by atomic mass is 9.89. The Labute approximate surface area is 220 Å². The van der Waals surface area contributed by atoms with Crippen molar-refractivity contribution in [1.82, 2.24) is 4.98 Å². The van der Waals surface area contributed by atoms with Gasteiger partial charge in [0.1, 0.15) is 0 Å². The molecule has 0 radical (unpaired) electrons. The summed E-state index contributed by atoms with van der Waals surface area (Å²) in [6.07, 6.45) is 0. The number of nitrogens with zero attached hydrogens (tertiary/aromatic N) is 1. The second-order valence-electron chi connectivity index (χ2n) is 9.95. The number of aromatic nitrogens is 1. The second-order valence-corrected chi connectivity index (χ2v) is 9.95. The first kappa shape index (κ1) is 21.1. The van der Waals surface area contributed by atoms with Gasteiger partial charge in [-0.3, -0.25) is 0 Å². The lowest BCUT2D eigenvalue weighted by molar-refractivity contribution is 1.41. The average molecular weight is 482 g/mol. The maximum atomic E-state index is 5.32. The highest BCUT2D eigenvalue weighted by Gasteiger charge is 2.17. The van der Waals surface area contributed by atoms with E-state index in [2.05, 4.69) is 140 Å². The van der Waals surface area contributed by atoms with Crippen LogP contribution in [0.25, 0.3) is 76.4 Å². The van der Waals surface area contributed by atoms with Crippen molar-refractivity contribution < 1.29 is 0 Å². The van der Waals surface area contributed by atoms with E-state index in [9.17, 15) is 0 Å². The molecule has 0 fully saturated rings. The first-order chi connectivity index (χ1) is 18.8. The maximum Gasteiger partial charge on any atom is 0.0794 e. The van der Waals surface area contributed by atoms with Crippen LogP contribution in [-0.2, 0) is 0 Å². The Morgan fingerprint density at radius 2 is 0.842 bits per heavy atom. The van der Waals surface area contributed by atoms with Gasteiger partial charge in [-0.1, -0.05) is 127 Å². The van der Waals surface area contributed by atoms with Gasteiger partial charge in [0.15, 0.2) is 0 Å². The Morgan fingerprint density at radius 1 is 0.316 bits per heavy atom. The molecule has 38 heavy (non-hydrogen) atoms. The SMILES string of the molecule is c1ccc2nc(-c3cccc4c3ccc3ccccc34)c(-c3cccc4c3ccc3ccccc34)cc2c1. The summed E-state index contributed by atoms with van der Waals surface area (Å²) in [5.41, 5.74) is 5.55. The van der Waals surface area contributed by atoms with Gasteiger partial charge in [0.2, 0.25) is 0 Å². The topological polar surface area (TPSA) is 12.9 Å². The van der Waals surface area contributed by atoms with E-state index in [0.29, 0.717) is 0 Å². The normalized spacial score (nSPS) is 11.7. The molecule has 1 heterocycles. The van der Waals surface area contributed by atoms with Gasteiger partial charge in [-0.25, -0.2) is 4.98 Å². The zero-order valence-corrected chi connectivity index (χ0v) is 20.7. The molecule has 0 bridgehead atoms. The van der Waals surface area contributed by atoms with Crippen LogP contribution in [-0.4, -0.2) is 4.98 Å². The molecule has 0 spiro atoms. The van der Waals surface area contributed by atoms with E-state index in [1.165, 1.54) is 48.7 Å². The summed E-state index contributed by atoms with van der Waals surface area (Å²) < 4.78 is 0. The van der Waals surface area contributed by atoms with E-state index < -0.39 is 0 Å². The molecule has 1 heteroatoms. The fourth-order valence-electron chi connectivity index (χ4n) is 6.05. The standard InChI is InChI=1S/C37H23N/c1-4-12-27-24(9-1)19-21-32-29(27)14-7-16-31(32)35-23-26-11-3-6-18-36(26)38-37(35)34-17-8-15-30-28-13-5-2-10-25(28)20-22-33(30)34/h1-23H. The van der Waals surface area contributed by atoms with Gasteiger partial charge in [-0.15, -0.1) is 0 Å². The fraction of sp³-hybridized carbons (Fsp3) is 0. The van der Waals surface area contributed by atoms with Gasteiger partial charge in [0.25, 0.3) is 0 Å². The quantitative estimate of drug-likeness (QED) is 0.224. The third-order valence-electron chi connectivity index (χ3n) is 7.84. The summed E-state index contributed by atoms with van der Waals surface area (Å²) in [4.78, 5) is 5.32. The molecule has 8 aromatic rings. The number of fused-ring (bicyclic) bond motifs is 7. The van der Waals surface area contributed by atoms with Crippen LogP contribution in [0.1, 0.15) is 0 Å².